The van der Waals surface area contributed by atoms with Crippen LogP contribution in [-0.2, 0) is 21.2 Å². The molecule has 0 unspecified atom stereocenters. The van der Waals surface area contributed by atoms with Crippen LogP contribution in [0.25, 0.3) is 0 Å². The number of carbonyl (C=O) groups is 1. The molecule has 2 aliphatic heterocycles. The van der Waals surface area contributed by atoms with Gasteiger partial charge in [0.25, 0.3) is 10.0 Å². The number of thioether (sulfide) groups is 1. The Kier molecular flexibility index (Phi) is 4.23. The number of benzene rings is 2. The van der Waals surface area contributed by atoms with Gasteiger partial charge in [-0.15, -0.1) is 11.8 Å². The van der Waals surface area contributed by atoms with Gasteiger partial charge in [-0.25, -0.2) is 8.42 Å². The summed E-state index contributed by atoms with van der Waals surface area (Å²) in [6, 6.07) is 12.6. The molecule has 4 rings (SSSR count). The lowest BCUT2D eigenvalue weighted by Crippen LogP contribution is -2.36. The summed E-state index contributed by atoms with van der Waals surface area (Å²) in [5.41, 5.74) is 2.48. The quantitative estimate of drug-likeness (QED) is 0.792. The topological polar surface area (TPSA) is 57.7 Å². The first-order chi connectivity index (χ1) is 12.4. The van der Waals surface area contributed by atoms with Crippen LogP contribution >= 0.6 is 11.8 Å². The van der Waals surface area contributed by atoms with Crippen LogP contribution in [-0.4, -0.2) is 32.7 Å². The molecule has 0 saturated carbocycles. The van der Waals surface area contributed by atoms with Crippen LogP contribution in [0.15, 0.2) is 52.3 Å². The Morgan fingerprint density at radius 3 is 2.69 bits per heavy atom. The van der Waals surface area contributed by atoms with Crippen molar-refractivity contribution in [3.63, 3.8) is 0 Å². The van der Waals surface area contributed by atoms with E-state index >= 15 is 0 Å². The number of anilines is 2. The van der Waals surface area contributed by atoms with Gasteiger partial charge in [-0.1, -0.05) is 18.2 Å². The number of nitrogens with zero attached hydrogens (tertiary/aromatic N) is 2. The van der Waals surface area contributed by atoms with E-state index in [0.29, 0.717) is 18.7 Å². The molecule has 1 atom stereocenters. The van der Waals surface area contributed by atoms with Crippen molar-refractivity contribution < 1.29 is 13.2 Å². The van der Waals surface area contributed by atoms with Crippen molar-refractivity contribution in [2.75, 3.05) is 21.5 Å². The smallest absolute Gasteiger partial charge is 0.264 e. The highest BCUT2D eigenvalue weighted by molar-refractivity contribution is 7.99. The molecule has 0 bridgehead atoms. The maximum atomic E-state index is 13.4. The van der Waals surface area contributed by atoms with Gasteiger partial charge in [0.15, 0.2) is 0 Å². The van der Waals surface area contributed by atoms with Gasteiger partial charge in [0, 0.05) is 30.2 Å². The molecule has 0 aromatic heterocycles. The Hall–Kier alpha value is -1.99. The maximum Gasteiger partial charge on any atom is 0.264 e. The van der Waals surface area contributed by atoms with Crippen molar-refractivity contribution in [3.8, 4) is 0 Å². The second-order valence-electron chi connectivity index (χ2n) is 6.63. The van der Waals surface area contributed by atoms with E-state index in [0.717, 1.165) is 21.9 Å². The molecule has 0 saturated heterocycles. The van der Waals surface area contributed by atoms with Gasteiger partial charge in [-0.05, 0) is 43.2 Å². The predicted molar refractivity (Wildman–Crippen MR) is 104 cm³/mol. The molecule has 5 nitrogen and oxygen atoms in total. The molecule has 0 aliphatic carbocycles. The Bertz CT molecular complexity index is 988. The highest BCUT2D eigenvalue weighted by Gasteiger charge is 2.36. The Labute approximate surface area is 158 Å². The molecule has 7 heteroatoms. The molecule has 2 aromatic carbocycles. The fraction of sp³-hybridized carbons (Fsp3) is 0.316. The third-order valence-corrected chi connectivity index (χ3v) is 7.84. The minimum Gasteiger partial charge on any atom is -0.311 e. The molecule has 1 amide bonds. The van der Waals surface area contributed by atoms with Crippen LogP contribution in [0.2, 0.25) is 0 Å². The van der Waals surface area contributed by atoms with Crippen molar-refractivity contribution in [2.45, 2.75) is 36.1 Å². The molecule has 136 valence electrons. The van der Waals surface area contributed by atoms with Gasteiger partial charge >= 0.3 is 0 Å². The lowest BCUT2D eigenvalue weighted by atomic mass is 10.1. The average molecular weight is 389 g/mol. The van der Waals surface area contributed by atoms with Crippen LogP contribution in [0.1, 0.15) is 19.4 Å². The number of hydrogen-bond acceptors (Lipinski definition) is 4. The zero-order valence-corrected chi connectivity index (χ0v) is 16.3. The Balaban J connectivity index is 1.80. The summed E-state index contributed by atoms with van der Waals surface area (Å²) < 4.78 is 28.3. The highest BCUT2D eigenvalue weighted by Crippen LogP contribution is 2.40. The van der Waals surface area contributed by atoms with Crippen LogP contribution < -0.4 is 9.21 Å². The fourth-order valence-corrected chi connectivity index (χ4v) is 6.39. The number of rotatable bonds is 2. The second-order valence-corrected chi connectivity index (χ2v) is 9.58. The molecule has 26 heavy (non-hydrogen) atoms. The van der Waals surface area contributed by atoms with Crippen LogP contribution in [0.4, 0.5) is 11.4 Å². The first kappa shape index (κ1) is 17.4. The van der Waals surface area contributed by atoms with E-state index in [1.807, 2.05) is 37.3 Å². The van der Waals surface area contributed by atoms with Crippen molar-refractivity contribution in [1.82, 2.24) is 0 Å². The normalized spacial score (nSPS) is 19.2. The molecular weight excluding hydrogens is 368 g/mol. The van der Waals surface area contributed by atoms with Crippen molar-refractivity contribution in [3.05, 3.63) is 48.0 Å². The average Bonchev–Trinajstić information content (AvgIpc) is 2.96. The zero-order valence-electron chi connectivity index (χ0n) is 14.7. The largest absolute Gasteiger partial charge is 0.311 e. The van der Waals surface area contributed by atoms with E-state index in [2.05, 4.69) is 0 Å². The van der Waals surface area contributed by atoms with Crippen LogP contribution in [0.5, 0.6) is 0 Å². The lowest BCUT2D eigenvalue weighted by molar-refractivity contribution is -0.116. The number of para-hydroxylation sites is 1. The summed E-state index contributed by atoms with van der Waals surface area (Å²) >= 11 is 1.65. The van der Waals surface area contributed by atoms with Gasteiger partial charge in [-0.2, -0.15) is 0 Å². The third-order valence-electron chi connectivity index (χ3n) is 4.88. The van der Waals surface area contributed by atoms with E-state index in [4.69, 9.17) is 0 Å². The number of sulfonamides is 1. The first-order valence-corrected chi connectivity index (χ1v) is 11.0. The van der Waals surface area contributed by atoms with Crippen LogP contribution in [0.3, 0.4) is 0 Å². The summed E-state index contributed by atoms with van der Waals surface area (Å²) in [5, 5.41) is 0. The summed E-state index contributed by atoms with van der Waals surface area (Å²) in [6.45, 7) is 4.03. The molecule has 0 spiro atoms. The van der Waals surface area contributed by atoms with Gasteiger partial charge < -0.3 is 4.90 Å². The zero-order chi connectivity index (χ0) is 18.5. The van der Waals surface area contributed by atoms with Crippen molar-refractivity contribution >= 4 is 39.1 Å². The van der Waals surface area contributed by atoms with E-state index < -0.39 is 10.0 Å². The SMILES string of the molecule is CC(=O)N1CCSc2ccc(S(=O)(=O)N3c4ccccc4C[C@@H]3C)cc21. The maximum absolute atomic E-state index is 13.4. The number of fused-ring (bicyclic) bond motifs is 2. The predicted octanol–water partition coefficient (Wildman–Crippen LogP) is 3.29. The molecule has 2 aliphatic rings. The highest BCUT2D eigenvalue weighted by atomic mass is 32.2. The lowest BCUT2D eigenvalue weighted by Gasteiger charge is -2.30. The standard InChI is InChI=1S/C19H20N2O3S2/c1-13-11-15-5-3-4-6-17(15)21(13)26(23,24)16-7-8-19-18(12-16)20(14(2)22)9-10-25-19/h3-8,12-13H,9-11H2,1-2H3/t13-/m0/s1. The second kappa shape index (κ2) is 6.32. The minimum absolute atomic E-state index is 0.0685. The summed E-state index contributed by atoms with van der Waals surface area (Å²) in [7, 11) is -3.70. The molecule has 0 fully saturated rings. The van der Waals surface area contributed by atoms with Gasteiger partial charge in [0.2, 0.25) is 5.91 Å². The van der Waals surface area contributed by atoms with Crippen molar-refractivity contribution in [1.29, 1.82) is 0 Å². The Morgan fingerprint density at radius 2 is 1.92 bits per heavy atom. The molecule has 2 aromatic rings. The molecular formula is C19H20N2O3S2. The number of amides is 1. The monoisotopic (exact) mass is 388 g/mol. The van der Waals surface area contributed by atoms with E-state index in [1.54, 1.807) is 28.8 Å². The van der Waals surface area contributed by atoms with Gasteiger partial charge in [-0.3, -0.25) is 9.10 Å². The summed E-state index contributed by atoms with van der Waals surface area (Å²) in [6.07, 6.45) is 0.704. The van der Waals surface area contributed by atoms with Gasteiger partial charge in [0.1, 0.15) is 0 Å². The number of carbonyl (C=O) groups excluding carboxylic acids is 1. The molecule has 0 radical (unpaired) electrons. The fourth-order valence-electron chi connectivity index (χ4n) is 3.70. The number of hydrogen-bond donors (Lipinski definition) is 0. The van der Waals surface area contributed by atoms with Crippen LogP contribution in [0, 0.1) is 0 Å². The minimum atomic E-state index is -3.70. The van der Waals surface area contributed by atoms with Crippen molar-refractivity contribution in [2.24, 2.45) is 0 Å². The van der Waals surface area contributed by atoms with E-state index in [-0.39, 0.29) is 16.8 Å². The third kappa shape index (κ3) is 2.70. The summed E-state index contributed by atoms with van der Waals surface area (Å²) in [4.78, 5) is 14.8. The molecule has 2 heterocycles. The Morgan fingerprint density at radius 1 is 1.15 bits per heavy atom. The summed E-state index contributed by atoms with van der Waals surface area (Å²) in [5.74, 6) is 0.746. The van der Waals surface area contributed by atoms with Gasteiger partial charge in [0.05, 0.1) is 16.3 Å². The van der Waals surface area contributed by atoms with E-state index in [1.165, 1.54) is 11.2 Å². The van der Waals surface area contributed by atoms with E-state index in [9.17, 15) is 13.2 Å². The molecule has 0 N–H and O–H groups in total. The first-order valence-electron chi connectivity index (χ1n) is 8.57.